The smallest absolute Gasteiger partial charge is 0.235 e. The van der Waals surface area contributed by atoms with E-state index in [1.54, 1.807) is 0 Å². The summed E-state index contributed by atoms with van der Waals surface area (Å²) in [5.74, 6) is 1.89. The number of hydrogen-bond acceptors (Lipinski definition) is 5. The molecule has 2 heterocycles. The molecule has 0 N–H and O–H groups in total. The first-order valence-electron chi connectivity index (χ1n) is 7.21. The standard InChI is InChI=1S/C16H17N3O2/c1-2-20-13-7-5-12(6-8-13)15-18-14(11-17)16(21-15)19-9-3-4-10-19/h5-8H,2-4,9-10H2,1H3. The predicted octanol–water partition coefficient (Wildman–Crippen LogP) is 3.21. The lowest BCUT2D eigenvalue weighted by Crippen LogP contribution is -2.17. The Kier molecular flexibility index (Phi) is 3.78. The van der Waals surface area contributed by atoms with Gasteiger partial charge >= 0.3 is 0 Å². The zero-order valence-corrected chi connectivity index (χ0v) is 12.0. The van der Waals surface area contributed by atoms with Crippen LogP contribution in [0.4, 0.5) is 5.88 Å². The molecule has 5 heteroatoms. The second-order valence-electron chi connectivity index (χ2n) is 4.94. The first kappa shape index (κ1) is 13.5. The van der Waals surface area contributed by atoms with E-state index in [-0.39, 0.29) is 0 Å². The van der Waals surface area contributed by atoms with E-state index in [9.17, 15) is 5.26 Å². The van der Waals surface area contributed by atoms with E-state index in [1.807, 2.05) is 31.2 Å². The minimum Gasteiger partial charge on any atom is -0.494 e. The molecule has 5 nitrogen and oxygen atoms in total. The maximum atomic E-state index is 9.23. The molecule has 108 valence electrons. The van der Waals surface area contributed by atoms with E-state index in [0.29, 0.717) is 24.1 Å². The lowest BCUT2D eigenvalue weighted by molar-refractivity contribution is 0.340. The highest BCUT2D eigenvalue weighted by Gasteiger charge is 2.22. The molecule has 0 spiro atoms. The second kappa shape index (κ2) is 5.88. The summed E-state index contributed by atoms with van der Waals surface area (Å²) in [5, 5.41) is 9.23. The summed E-state index contributed by atoms with van der Waals surface area (Å²) in [4.78, 5) is 6.40. The third-order valence-electron chi connectivity index (χ3n) is 3.52. The van der Waals surface area contributed by atoms with Crippen LogP contribution in [0.25, 0.3) is 11.5 Å². The molecule has 0 saturated carbocycles. The summed E-state index contributed by atoms with van der Waals surface area (Å²) >= 11 is 0. The van der Waals surface area contributed by atoms with Gasteiger partial charge in [-0.05, 0) is 44.0 Å². The second-order valence-corrected chi connectivity index (χ2v) is 4.94. The highest BCUT2D eigenvalue weighted by molar-refractivity contribution is 5.60. The predicted molar refractivity (Wildman–Crippen MR) is 79.3 cm³/mol. The summed E-state index contributed by atoms with van der Waals surface area (Å²) in [6.07, 6.45) is 2.26. The molecule has 1 aromatic carbocycles. The van der Waals surface area contributed by atoms with E-state index in [2.05, 4.69) is 16.0 Å². The first-order chi connectivity index (χ1) is 10.3. The lowest BCUT2D eigenvalue weighted by Gasteiger charge is -2.12. The van der Waals surface area contributed by atoms with Crippen LogP contribution in [0.15, 0.2) is 28.7 Å². The van der Waals surface area contributed by atoms with Crippen LogP contribution in [-0.4, -0.2) is 24.7 Å². The molecule has 3 rings (SSSR count). The number of nitriles is 1. The fourth-order valence-corrected chi connectivity index (χ4v) is 2.50. The molecule has 1 aliphatic rings. The van der Waals surface area contributed by atoms with Crippen molar-refractivity contribution in [3.63, 3.8) is 0 Å². The Hall–Kier alpha value is -2.48. The third-order valence-corrected chi connectivity index (χ3v) is 3.52. The molecule has 0 radical (unpaired) electrons. The Bertz CT molecular complexity index is 649. The van der Waals surface area contributed by atoms with Crippen LogP contribution in [-0.2, 0) is 0 Å². The van der Waals surface area contributed by atoms with Gasteiger partial charge in [-0.15, -0.1) is 0 Å². The Balaban J connectivity index is 1.90. The van der Waals surface area contributed by atoms with Gasteiger partial charge in [-0.2, -0.15) is 10.2 Å². The van der Waals surface area contributed by atoms with Crippen molar-refractivity contribution in [3.8, 4) is 23.3 Å². The molecule has 1 aromatic heterocycles. The van der Waals surface area contributed by atoms with Gasteiger partial charge in [0.25, 0.3) is 0 Å². The minimum atomic E-state index is 0.362. The Labute approximate surface area is 123 Å². The van der Waals surface area contributed by atoms with E-state index in [4.69, 9.17) is 9.15 Å². The van der Waals surface area contributed by atoms with Crippen molar-refractivity contribution in [3.05, 3.63) is 30.0 Å². The molecule has 21 heavy (non-hydrogen) atoms. The van der Waals surface area contributed by atoms with Crippen molar-refractivity contribution in [2.75, 3.05) is 24.6 Å². The molecule has 2 aromatic rings. The van der Waals surface area contributed by atoms with Crippen molar-refractivity contribution in [2.45, 2.75) is 19.8 Å². The quantitative estimate of drug-likeness (QED) is 0.862. The van der Waals surface area contributed by atoms with E-state index in [1.165, 1.54) is 0 Å². The Morgan fingerprint density at radius 1 is 1.29 bits per heavy atom. The number of hydrogen-bond donors (Lipinski definition) is 0. The molecule has 1 fully saturated rings. The van der Waals surface area contributed by atoms with Crippen LogP contribution in [0.1, 0.15) is 25.5 Å². The summed E-state index contributed by atoms with van der Waals surface area (Å²) in [6, 6.07) is 9.67. The maximum absolute atomic E-state index is 9.23. The van der Waals surface area contributed by atoms with Crippen molar-refractivity contribution < 1.29 is 9.15 Å². The fourth-order valence-electron chi connectivity index (χ4n) is 2.50. The molecule has 1 saturated heterocycles. The third kappa shape index (κ3) is 2.70. The highest BCUT2D eigenvalue weighted by Crippen LogP contribution is 2.30. The van der Waals surface area contributed by atoms with Crippen LogP contribution in [0.5, 0.6) is 5.75 Å². The van der Waals surface area contributed by atoms with Crippen LogP contribution in [0, 0.1) is 11.3 Å². The zero-order chi connectivity index (χ0) is 14.7. The summed E-state index contributed by atoms with van der Waals surface area (Å²) < 4.78 is 11.2. The van der Waals surface area contributed by atoms with Gasteiger partial charge in [-0.3, -0.25) is 0 Å². The lowest BCUT2D eigenvalue weighted by atomic mass is 10.2. The van der Waals surface area contributed by atoms with E-state index >= 15 is 0 Å². The van der Waals surface area contributed by atoms with Crippen molar-refractivity contribution >= 4 is 5.88 Å². The van der Waals surface area contributed by atoms with E-state index in [0.717, 1.165) is 37.2 Å². The molecule has 0 bridgehead atoms. The maximum Gasteiger partial charge on any atom is 0.235 e. The van der Waals surface area contributed by atoms with E-state index < -0.39 is 0 Å². The Morgan fingerprint density at radius 2 is 2.00 bits per heavy atom. The summed E-state index contributed by atoms with van der Waals surface area (Å²) in [7, 11) is 0. The molecule has 0 atom stereocenters. The normalized spacial score (nSPS) is 14.2. The molecule has 0 amide bonds. The highest BCUT2D eigenvalue weighted by atomic mass is 16.5. The average Bonchev–Trinajstić information content (AvgIpc) is 3.17. The SMILES string of the molecule is CCOc1ccc(-c2nc(C#N)c(N3CCCC3)o2)cc1. The van der Waals surface area contributed by atoms with Gasteiger partial charge in [-0.1, -0.05) is 0 Å². The van der Waals surface area contributed by atoms with Gasteiger partial charge in [0.1, 0.15) is 11.8 Å². The summed E-state index contributed by atoms with van der Waals surface area (Å²) in [6.45, 7) is 4.43. The topological polar surface area (TPSA) is 62.3 Å². The molecular weight excluding hydrogens is 266 g/mol. The van der Waals surface area contributed by atoms with Gasteiger partial charge in [-0.25, -0.2) is 0 Å². The van der Waals surface area contributed by atoms with Crippen LogP contribution >= 0.6 is 0 Å². The molecule has 1 aliphatic heterocycles. The van der Waals surface area contributed by atoms with Crippen molar-refractivity contribution in [2.24, 2.45) is 0 Å². The minimum absolute atomic E-state index is 0.362. The number of rotatable bonds is 4. The zero-order valence-electron chi connectivity index (χ0n) is 12.0. The van der Waals surface area contributed by atoms with Crippen LogP contribution in [0.3, 0.4) is 0 Å². The first-order valence-corrected chi connectivity index (χ1v) is 7.21. The van der Waals surface area contributed by atoms with Crippen LogP contribution < -0.4 is 9.64 Å². The average molecular weight is 283 g/mol. The largest absolute Gasteiger partial charge is 0.494 e. The number of nitrogens with zero attached hydrogens (tertiary/aromatic N) is 3. The number of ether oxygens (including phenoxy) is 1. The number of anilines is 1. The summed E-state index contributed by atoms with van der Waals surface area (Å²) in [5.41, 5.74) is 1.21. The van der Waals surface area contributed by atoms with Gasteiger partial charge in [0.15, 0.2) is 0 Å². The number of oxazole rings is 1. The fraction of sp³-hybridized carbons (Fsp3) is 0.375. The van der Waals surface area contributed by atoms with Gasteiger partial charge < -0.3 is 14.1 Å². The van der Waals surface area contributed by atoms with Gasteiger partial charge in [0.2, 0.25) is 17.5 Å². The number of aromatic nitrogens is 1. The molecule has 0 aliphatic carbocycles. The number of benzene rings is 1. The molecule has 0 unspecified atom stereocenters. The molecular formula is C16H17N3O2. The van der Waals surface area contributed by atoms with Gasteiger partial charge in [0.05, 0.1) is 6.61 Å². The monoisotopic (exact) mass is 283 g/mol. The Morgan fingerprint density at radius 3 is 2.62 bits per heavy atom. The van der Waals surface area contributed by atoms with Crippen molar-refractivity contribution in [1.82, 2.24) is 4.98 Å². The van der Waals surface area contributed by atoms with Crippen LogP contribution in [0.2, 0.25) is 0 Å². The van der Waals surface area contributed by atoms with Gasteiger partial charge in [0, 0.05) is 18.7 Å². The van der Waals surface area contributed by atoms with Crippen molar-refractivity contribution in [1.29, 1.82) is 5.26 Å².